The van der Waals surface area contributed by atoms with Crippen LogP contribution in [0.1, 0.15) is 16.1 Å². The highest BCUT2D eigenvalue weighted by Crippen LogP contribution is 2.21. The topological polar surface area (TPSA) is 77.8 Å². The van der Waals surface area contributed by atoms with Crippen molar-refractivity contribution in [2.24, 2.45) is 0 Å². The van der Waals surface area contributed by atoms with Gasteiger partial charge in [0, 0.05) is 18.0 Å². The van der Waals surface area contributed by atoms with Gasteiger partial charge in [-0.2, -0.15) is 5.26 Å². The SMILES string of the molecule is N#Cc1ccccc1NC(=O)c1cc(Nc2ccc(F)cc2F)ccn1. The van der Waals surface area contributed by atoms with Gasteiger partial charge in [-0.1, -0.05) is 12.1 Å². The summed E-state index contributed by atoms with van der Waals surface area (Å²) in [5.74, 6) is -1.95. The number of anilines is 3. The number of hydrogen-bond acceptors (Lipinski definition) is 4. The Kier molecular flexibility index (Phi) is 4.85. The summed E-state index contributed by atoms with van der Waals surface area (Å²) in [4.78, 5) is 16.3. The molecule has 0 saturated heterocycles. The molecule has 2 N–H and O–H groups in total. The Hall–Kier alpha value is -3.79. The van der Waals surface area contributed by atoms with E-state index in [1.165, 1.54) is 18.3 Å². The van der Waals surface area contributed by atoms with Gasteiger partial charge >= 0.3 is 0 Å². The van der Waals surface area contributed by atoms with Gasteiger partial charge in [0.15, 0.2) is 0 Å². The number of rotatable bonds is 4. The molecule has 1 amide bonds. The number of hydrogen-bond donors (Lipinski definition) is 2. The zero-order chi connectivity index (χ0) is 18.5. The molecule has 0 aliphatic carbocycles. The van der Waals surface area contributed by atoms with Crippen molar-refractivity contribution in [3.63, 3.8) is 0 Å². The number of nitrogens with zero attached hydrogens (tertiary/aromatic N) is 2. The van der Waals surface area contributed by atoms with Crippen LogP contribution >= 0.6 is 0 Å². The molecule has 0 unspecified atom stereocenters. The maximum atomic E-state index is 13.7. The number of benzene rings is 2. The van der Waals surface area contributed by atoms with Crippen LogP contribution in [0.5, 0.6) is 0 Å². The summed E-state index contributed by atoms with van der Waals surface area (Å²) < 4.78 is 26.7. The third-order valence-corrected chi connectivity index (χ3v) is 3.50. The zero-order valence-electron chi connectivity index (χ0n) is 13.3. The van der Waals surface area contributed by atoms with Gasteiger partial charge in [-0.05, 0) is 36.4 Å². The molecule has 0 atom stereocenters. The van der Waals surface area contributed by atoms with E-state index in [2.05, 4.69) is 15.6 Å². The molecule has 0 aliphatic heterocycles. The molecule has 0 bridgehead atoms. The third-order valence-electron chi connectivity index (χ3n) is 3.50. The lowest BCUT2D eigenvalue weighted by molar-refractivity contribution is 0.102. The third kappa shape index (κ3) is 3.82. The second kappa shape index (κ2) is 7.40. The van der Waals surface area contributed by atoms with Gasteiger partial charge in [0.2, 0.25) is 0 Å². The summed E-state index contributed by atoms with van der Waals surface area (Å²) >= 11 is 0. The van der Waals surface area contributed by atoms with Crippen molar-refractivity contribution in [3.05, 3.63) is 83.7 Å². The molecule has 0 spiro atoms. The smallest absolute Gasteiger partial charge is 0.274 e. The Labute approximate surface area is 147 Å². The molecule has 0 saturated carbocycles. The van der Waals surface area contributed by atoms with Crippen LogP contribution in [0.25, 0.3) is 0 Å². The van der Waals surface area contributed by atoms with Gasteiger partial charge in [0.1, 0.15) is 23.4 Å². The van der Waals surface area contributed by atoms with E-state index in [0.29, 0.717) is 16.9 Å². The zero-order valence-corrected chi connectivity index (χ0v) is 13.3. The first-order valence-electron chi connectivity index (χ1n) is 7.55. The first-order valence-corrected chi connectivity index (χ1v) is 7.55. The van der Waals surface area contributed by atoms with Gasteiger partial charge < -0.3 is 10.6 Å². The van der Waals surface area contributed by atoms with Gasteiger partial charge in [-0.15, -0.1) is 0 Å². The van der Waals surface area contributed by atoms with Crippen LogP contribution in [0.4, 0.5) is 25.8 Å². The number of nitrogens with one attached hydrogen (secondary N) is 2. The second-order valence-electron chi connectivity index (χ2n) is 5.29. The Bertz CT molecular complexity index is 1010. The highest BCUT2D eigenvalue weighted by molar-refractivity contribution is 6.04. The molecule has 128 valence electrons. The summed E-state index contributed by atoms with van der Waals surface area (Å²) in [5, 5.41) is 14.4. The van der Waals surface area contributed by atoms with Crippen molar-refractivity contribution >= 4 is 23.0 Å². The summed E-state index contributed by atoms with van der Waals surface area (Å²) in [6, 6.07) is 14.7. The molecule has 0 fully saturated rings. The fourth-order valence-electron chi connectivity index (χ4n) is 2.25. The van der Waals surface area contributed by atoms with E-state index in [0.717, 1.165) is 12.1 Å². The van der Waals surface area contributed by atoms with E-state index < -0.39 is 17.5 Å². The number of carbonyl (C=O) groups excluding carboxylic acids is 1. The maximum Gasteiger partial charge on any atom is 0.274 e. The molecule has 7 heteroatoms. The number of carbonyl (C=O) groups is 1. The molecule has 1 aromatic heterocycles. The molecular weight excluding hydrogens is 338 g/mol. The minimum Gasteiger partial charge on any atom is -0.353 e. The van der Waals surface area contributed by atoms with Crippen molar-refractivity contribution in [1.82, 2.24) is 4.98 Å². The van der Waals surface area contributed by atoms with Crippen LogP contribution < -0.4 is 10.6 Å². The van der Waals surface area contributed by atoms with Crippen LogP contribution in [-0.4, -0.2) is 10.9 Å². The number of halogens is 2. The van der Waals surface area contributed by atoms with E-state index in [9.17, 15) is 13.6 Å². The molecule has 26 heavy (non-hydrogen) atoms. The fourth-order valence-corrected chi connectivity index (χ4v) is 2.25. The molecule has 1 heterocycles. The standard InChI is InChI=1S/C19H12F2N4O/c20-13-5-6-17(15(21)9-13)24-14-7-8-23-18(10-14)19(26)25-16-4-2-1-3-12(16)11-22/h1-10H,(H,23,24)(H,25,26). The van der Waals surface area contributed by atoms with Gasteiger partial charge in [0.25, 0.3) is 5.91 Å². The predicted octanol–water partition coefficient (Wildman–Crippen LogP) is 4.23. The van der Waals surface area contributed by atoms with Crippen LogP contribution in [0.2, 0.25) is 0 Å². The first kappa shape index (κ1) is 17.0. The Balaban J connectivity index is 1.80. The molecule has 2 aromatic carbocycles. The lowest BCUT2D eigenvalue weighted by atomic mass is 10.2. The fraction of sp³-hybridized carbons (Fsp3) is 0. The first-order chi connectivity index (χ1) is 12.6. The average molecular weight is 350 g/mol. The van der Waals surface area contributed by atoms with E-state index in [1.807, 2.05) is 6.07 Å². The van der Waals surface area contributed by atoms with Gasteiger partial charge in [0.05, 0.1) is 16.9 Å². The number of pyridine rings is 1. The molecule has 3 aromatic rings. The summed E-state index contributed by atoms with van der Waals surface area (Å²) in [6.07, 6.45) is 1.38. The monoisotopic (exact) mass is 350 g/mol. The minimum atomic E-state index is -0.754. The van der Waals surface area contributed by atoms with E-state index in [1.54, 1.807) is 30.3 Å². The second-order valence-corrected chi connectivity index (χ2v) is 5.29. The highest BCUT2D eigenvalue weighted by Gasteiger charge is 2.12. The predicted molar refractivity (Wildman–Crippen MR) is 93.0 cm³/mol. The summed E-state index contributed by atoms with van der Waals surface area (Å²) in [6.45, 7) is 0. The lowest BCUT2D eigenvalue weighted by Gasteiger charge is -2.10. The van der Waals surface area contributed by atoms with E-state index in [-0.39, 0.29) is 11.4 Å². The number of nitriles is 1. The van der Waals surface area contributed by atoms with Gasteiger partial charge in [-0.3, -0.25) is 9.78 Å². The Morgan fingerprint density at radius 2 is 1.85 bits per heavy atom. The van der Waals surface area contributed by atoms with Crippen LogP contribution in [0.15, 0.2) is 60.8 Å². The quantitative estimate of drug-likeness (QED) is 0.738. The minimum absolute atomic E-state index is 0.0683. The van der Waals surface area contributed by atoms with Crippen LogP contribution in [0, 0.1) is 23.0 Å². The maximum absolute atomic E-state index is 13.7. The molecule has 0 radical (unpaired) electrons. The number of para-hydroxylation sites is 1. The van der Waals surface area contributed by atoms with E-state index >= 15 is 0 Å². The summed E-state index contributed by atoms with van der Waals surface area (Å²) in [7, 11) is 0. The summed E-state index contributed by atoms with van der Waals surface area (Å²) in [5.41, 5.74) is 1.24. The Morgan fingerprint density at radius 1 is 1.04 bits per heavy atom. The largest absolute Gasteiger partial charge is 0.353 e. The molecule has 3 rings (SSSR count). The normalized spacial score (nSPS) is 10.0. The van der Waals surface area contributed by atoms with Crippen molar-refractivity contribution in [1.29, 1.82) is 5.26 Å². The van der Waals surface area contributed by atoms with Crippen molar-refractivity contribution in [2.75, 3.05) is 10.6 Å². The van der Waals surface area contributed by atoms with Crippen molar-refractivity contribution in [2.45, 2.75) is 0 Å². The molecular formula is C19H12F2N4O. The van der Waals surface area contributed by atoms with E-state index in [4.69, 9.17) is 5.26 Å². The number of aromatic nitrogens is 1. The highest BCUT2D eigenvalue weighted by atomic mass is 19.1. The molecule has 5 nitrogen and oxygen atoms in total. The molecule has 0 aliphatic rings. The van der Waals surface area contributed by atoms with Gasteiger partial charge in [-0.25, -0.2) is 8.78 Å². The van der Waals surface area contributed by atoms with Crippen LogP contribution in [-0.2, 0) is 0 Å². The average Bonchev–Trinajstić information content (AvgIpc) is 2.65. The lowest BCUT2D eigenvalue weighted by Crippen LogP contribution is -2.14. The number of amides is 1. The van der Waals surface area contributed by atoms with Crippen LogP contribution in [0.3, 0.4) is 0 Å². The van der Waals surface area contributed by atoms with Crippen molar-refractivity contribution in [3.8, 4) is 6.07 Å². The van der Waals surface area contributed by atoms with Crippen molar-refractivity contribution < 1.29 is 13.6 Å². The Morgan fingerprint density at radius 3 is 2.62 bits per heavy atom.